The van der Waals surface area contributed by atoms with E-state index >= 15 is 0 Å². The van der Waals surface area contributed by atoms with Gasteiger partial charge in [0, 0.05) is 15.9 Å². The van der Waals surface area contributed by atoms with E-state index in [2.05, 4.69) is 63.0 Å². The maximum atomic E-state index is 3.66. The molecule has 1 atom stereocenters. The van der Waals surface area contributed by atoms with Crippen LogP contribution in [0.15, 0.2) is 46.3 Å². The maximum Gasteiger partial charge on any atom is 0.0210 e. The molecule has 0 aliphatic heterocycles. The fraction of sp³-hybridized carbons (Fsp3) is 0.333. The lowest BCUT2D eigenvalue weighted by molar-refractivity contribution is 0.584. The molecule has 1 unspecified atom stereocenters. The topological polar surface area (TPSA) is 12.0 Å². The lowest BCUT2D eigenvalue weighted by Crippen LogP contribution is -2.18. The van der Waals surface area contributed by atoms with Gasteiger partial charge < -0.3 is 5.32 Å². The standard InChI is InChI=1S/C15H18BrNS/c1-17-11-12(8-9-13-5-4-10-18-13)14-6-2-3-7-15(14)16/h2-7,10,12,17H,8-9,11H2,1H3. The molecule has 2 rings (SSSR count). The number of hydrogen-bond donors (Lipinski definition) is 1. The van der Waals surface area contributed by atoms with Gasteiger partial charge in [-0.25, -0.2) is 0 Å². The Bertz CT molecular complexity index is 467. The third kappa shape index (κ3) is 3.67. The van der Waals surface area contributed by atoms with Crippen molar-refractivity contribution in [1.29, 1.82) is 0 Å². The second-order valence-corrected chi connectivity index (χ2v) is 6.28. The van der Waals surface area contributed by atoms with Gasteiger partial charge in [0.25, 0.3) is 0 Å². The zero-order valence-electron chi connectivity index (χ0n) is 10.5. The second kappa shape index (κ2) is 7.07. The molecule has 1 aromatic heterocycles. The molecule has 0 amide bonds. The van der Waals surface area contributed by atoms with Crippen molar-refractivity contribution in [2.24, 2.45) is 0 Å². The van der Waals surface area contributed by atoms with Crippen molar-refractivity contribution in [3.63, 3.8) is 0 Å². The molecule has 1 N–H and O–H groups in total. The van der Waals surface area contributed by atoms with Crippen LogP contribution in [-0.2, 0) is 6.42 Å². The van der Waals surface area contributed by atoms with E-state index in [0.29, 0.717) is 5.92 Å². The third-order valence-electron chi connectivity index (χ3n) is 3.11. The van der Waals surface area contributed by atoms with E-state index in [1.54, 1.807) is 0 Å². The molecule has 1 heterocycles. The van der Waals surface area contributed by atoms with Crippen LogP contribution in [0.3, 0.4) is 0 Å². The zero-order valence-corrected chi connectivity index (χ0v) is 12.9. The number of nitrogens with one attached hydrogen (secondary N) is 1. The molecule has 1 aromatic carbocycles. The van der Waals surface area contributed by atoms with Crippen molar-refractivity contribution >= 4 is 27.3 Å². The van der Waals surface area contributed by atoms with E-state index in [4.69, 9.17) is 0 Å². The Balaban J connectivity index is 2.06. The summed E-state index contributed by atoms with van der Waals surface area (Å²) in [4.78, 5) is 1.48. The van der Waals surface area contributed by atoms with Crippen molar-refractivity contribution < 1.29 is 0 Å². The number of benzene rings is 1. The molecule has 0 spiro atoms. The molecule has 0 radical (unpaired) electrons. The molecule has 0 aliphatic carbocycles. The summed E-state index contributed by atoms with van der Waals surface area (Å²) in [6.45, 7) is 1.02. The average Bonchev–Trinajstić information content (AvgIpc) is 2.88. The SMILES string of the molecule is CNCC(CCc1cccs1)c1ccccc1Br. The zero-order chi connectivity index (χ0) is 12.8. The highest BCUT2D eigenvalue weighted by molar-refractivity contribution is 9.10. The van der Waals surface area contributed by atoms with Crippen LogP contribution < -0.4 is 5.32 Å². The molecule has 0 aliphatic rings. The van der Waals surface area contributed by atoms with Crippen LogP contribution in [-0.4, -0.2) is 13.6 Å². The Kier molecular flexibility index (Phi) is 5.42. The van der Waals surface area contributed by atoms with Crippen LogP contribution in [0.25, 0.3) is 0 Å². The minimum Gasteiger partial charge on any atom is -0.319 e. The van der Waals surface area contributed by atoms with Crippen LogP contribution in [0.2, 0.25) is 0 Å². The predicted molar refractivity (Wildman–Crippen MR) is 83.4 cm³/mol. The summed E-state index contributed by atoms with van der Waals surface area (Å²) >= 11 is 5.51. The molecule has 0 fully saturated rings. The molecule has 0 saturated carbocycles. The lowest BCUT2D eigenvalue weighted by Gasteiger charge is -2.18. The number of aryl methyl sites for hydroxylation is 1. The predicted octanol–water partition coefficient (Wildman–Crippen LogP) is 4.45. The number of rotatable bonds is 6. The van der Waals surface area contributed by atoms with Crippen LogP contribution in [0.1, 0.15) is 22.8 Å². The van der Waals surface area contributed by atoms with Gasteiger partial charge >= 0.3 is 0 Å². The number of hydrogen-bond acceptors (Lipinski definition) is 2. The molecule has 0 bridgehead atoms. The van der Waals surface area contributed by atoms with Crippen LogP contribution in [0.5, 0.6) is 0 Å². The van der Waals surface area contributed by atoms with Gasteiger partial charge in [0.05, 0.1) is 0 Å². The molecule has 0 saturated heterocycles. The van der Waals surface area contributed by atoms with E-state index in [0.717, 1.165) is 13.0 Å². The van der Waals surface area contributed by atoms with Gasteiger partial charge in [0.2, 0.25) is 0 Å². The molecule has 18 heavy (non-hydrogen) atoms. The van der Waals surface area contributed by atoms with Crippen molar-refractivity contribution in [2.45, 2.75) is 18.8 Å². The van der Waals surface area contributed by atoms with Gasteiger partial charge in [-0.3, -0.25) is 0 Å². The van der Waals surface area contributed by atoms with Crippen LogP contribution >= 0.6 is 27.3 Å². The summed E-state index contributed by atoms with van der Waals surface area (Å²) in [6, 6.07) is 12.9. The van der Waals surface area contributed by atoms with Crippen molar-refractivity contribution in [3.8, 4) is 0 Å². The minimum absolute atomic E-state index is 0.563. The molecule has 3 heteroatoms. The first-order valence-electron chi connectivity index (χ1n) is 6.22. The normalized spacial score (nSPS) is 12.6. The van der Waals surface area contributed by atoms with Gasteiger partial charge in [-0.1, -0.05) is 40.2 Å². The molecular weight excluding hydrogens is 306 g/mol. The van der Waals surface area contributed by atoms with Gasteiger partial charge in [-0.05, 0) is 48.9 Å². The van der Waals surface area contributed by atoms with E-state index in [9.17, 15) is 0 Å². The largest absolute Gasteiger partial charge is 0.319 e. The molecule has 1 nitrogen and oxygen atoms in total. The van der Waals surface area contributed by atoms with Gasteiger partial charge in [-0.2, -0.15) is 0 Å². The third-order valence-corrected chi connectivity index (χ3v) is 4.77. The monoisotopic (exact) mass is 323 g/mol. The summed E-state index contributed by atoms with van der Waals surface area (Å²) in [5.74, 6) is 0.563. The Morgan fingerprint density at radius 3 is 2.72 bits per heavy atom. The highest BCUT2D eigenvalue weighted by Gasteiger charge is 2.13. The Morgan fingerprint density at radius 2 is 2.06 bits per heavy atom. The summed E-state index contributed by atoms with van der Waals surface area (Å²) < 4.78 is 1.22. The Hall–Kier alpha value is -0.640. The first-order chi connectivity index (χ1) is 8.81. The van der Waals surface area contributed by atoms with Gasteiger partial charge in [0.1, 0.15) is 0 Å². The fourth-order valence-electron chi connectivity index (χ4n) is 2.19. The quantitative estimate of drug-likeness (QED) is 0.828. The van der Waals surface area contributed by atoms with Crippen molar-refractivity contribution in [1.82, 2.24) is 5.32 Å². The Labute approximate surface area is 121 Å². The minimum atomic E-state index is 0.563. The first kappa shape index (κ1) is 13.8. The summed E-state index contributed by atoms with van der Waals surface area (Å²) in [7, 11) is 2.02. The van der Waals surface area contributed by atoms with Crippen LogP contribution in [0, 0.1) is 0 Å². The summed E-state index contributed by atoms with van der Waals surface area (Å²) in [6.07, 6.45) is 2.34. The van der Waals surface area contributed by atoms with Gasteiger partial charge in [0.15, 0.2) is 0 Å². The molecular formula is C15H18BrNS. The van der Waals surface area contributed by atoms with Crippen molar-refractivity contribution in [2.75, 3.05) is 13.6 Å². The highest BCUT2D eigenvalue weighted by Crippen LogP contribution is 2.28. The number of thiophene rings is 1. The second-order valence-electron chi connectivity index (χ2n) is 4.39. The number of halogens is 1. The van der Waals surface area contributed by atoms with E-state index in [1.165, 1.54) is 21.3 Å². The highest BCUT2D eigenvalue weighted by atomic mass is 79.9. The van der Waals surface area contributed by atoms with E-state index in [-0.39, 0.29) is 0 Å². The summed E-state index contributed by atoms with van der Waals surface area (Å²) in [5, 5.41) is 5.46. The van der Waals surface area contributed by atoms with Gasteiger partial charge in [-0.15, -0.1) is 11.3 Å². The number of likely N-dealkylation sites (N-methyl/N-ethyl adjacent to an activating group) is 1. The smallest absolute Gasteiger partial charge is 0.0210 e. The van der Waals surface area contributed by atoms with Crippen molar-refractivity contribution in [3.05, 3.63) is 56.7 Å². The van der Waals surface area contributed by atoms with Crippen LogP contribution in [0.4, 0.5) is 0 Å². The summed E-state index contributed by atoms with van der Waals surface area (Å²) in [5.41, 5.74) is 1.41. The fourth-order valence-corrected chi connectivity index (χ4v) is 3.52. The molecule has 96 valence electrons. The Morgan fingerprint density at radius 1 is 1.22 bits per heavy atom. The molecule has 2 aromatic rings. The maximum absolute atomic E-state index is 3.66. The van der Waals surface area contributed by atoms with E-state index in [1.807, 2.05) is 18.4 Å². The lowest BCUT2D eigenvalue weighted by atomic mass is 9.94. The van der Waals surface area contributed by atoms with E-state index < -0.39 is 0 Å². The first-order valence-corrected chi connectivity index (χ1v) is 7.90. The average molecular weight is 324 g/mol.